The quantitative estimate of drug-likeness (QED) is 0.601. The smallest absolute Gasteiger partial charge is 0.140 e. The van der Waals surface area contributed by atoms with Gasteiger partial charge in [-0.1, -0.05) is 46.7 Å². The molecule has 0 amide bonds. The van der Waals surface area contributed by atoms with Crippen molar-refractivity contribution in [1.29, 1.82) is 5.26 Å². The molecule has 1 aliphatic heterocycles. The van der Waals surface area contributed by atoms with Crippen LogP contribution in [0.25, 0.3) is 5.57 Å². The minimum absolute atomic E-state index is 0.664. The summed E-state index contributed by atoms with van der Waals surface area (Å²) in [5.74, 6) is 0. The molecule has 0 bridgehead atoms. The van der Waals surface area contributed by atoms with Gasteiger partial charge in [-0.3, -0.25) is 0 Å². The number of benzene rings is 1. The highest BCUT2D eigenvalue weighted by Gasteiger charge is 2.15. The molecule has 1 aromatic rings. The van der Waals surface area contributed by atoms with E-state index in [1.54, 1.807) is 0 Å². The van der Waals surface area contributed by atoms with E-state index >= 15 is 0 Å². The Bertz CT molecular complexity index is 577. The SMILES string of the molecule is CON=C1C=CC(=C(C#N)c2ccc(C)cc2)S1. The molecule has 90 valence electrons. The fourth-order valence-electron chi connectivity index (χ4n) is 1.58. The second-order valence-electron chi connectivity index (χ2n) is 3.76. The Labute approximate surface area is 110 Å². The predicted octanol–water partition coefficient (Wildman–Crippen LogP) is 3.49. The Morgan fingerprint density at radius 2 is 2.00 bits per heavy atom. The van der Waals surface area contributed by atoms with Crippen LogP contribution >= 0.6 is 11.8 Å². The van der Waals surface area contributed by atoms with E-state index in [4.69, 9.17) is 4.84 Å². The second kappa shape index (κ2) is 5.56. The number of nitriles is 1. The van der Waals surface area contributed by atoms with E-state index in [-0.39, 0.29) is 0 Å². The van der Waals surface area contributed by atoms with Crippen LogP contribution in [0.15, 0.2) is 46.5 Å². The summed E-state index contributed by atoms with van der Waals surface area (Å²) < 4.78 is 0. The fraction of sp³-hybridized carbons (Fsp3) is 0.143. The molecule has 0 N–H and O–H groups in total. The molecule has 4 heteroatoms. The van der Waals surface area contributed by atoms with Gasteiger partial charge in [-0.15, -0.1) is 0 Å². The van der Waals surface area contributed by atoms with E-state index in [2.05, 4.69) is 11.2 Å². The highest BCUT2D eigenvalue weighted by molar-refractivity contribution is 8.18. The largest absolute Gasteiger partial charge is 0.398 e. The van der Waals surface area contributed by atoms with Gasteiger partial charge in [0.05, 0.1) is 5.57 Å². The van der Waals surface area contributed by atoms with Crippen molar-refractivity contribution in [3.05, 3.63) is 52.4 Å². The molecule has 2 rings (SSSR count). The van der Waals surface area contributed by atoms with E-state index in [1.165, 1.54) is 24.4 Å². The van der Waals surface area contributed by atoms with E-state index in [0.717, 1.165) is 15.5 Å². The summed E-state index contributed by atoms with van der Waals surface area (Å²) in [6.45, 7) is 2.02. The van der Waals surface area contributed by atoms with Crippen LogP contribution in [0, 0.1) is 18.3 Å². The van der Waals surface area contributed by atoms with Crippen molar-refractivity contribution in [2.24, 2.45) is 5.16 Å². The van der Waals surface area contributed by atoms with Gasteiger partial charge in [-0.2, -0.15) is 5.26 Å². The molecule has 0 spiro atoms. The van der Waals surface area contributed by atoms with Gasteiger partial charge in [-0.05, 0) is 24.6 Å². The number of oxime groups is 1. The highest BCUT2D eigenvalue weighted by atomic mass is 32.2. The third kappa shape index (κ3) is 2.63. The molecule has 0 atom stereocenters. The number of thioether (sulfide) groups is 1. The first-order chi connectivity index (χ1) is 8.74. The van der Waals surface area contributed by atoms with Crippen molar-refractivity contribution in [1.82, 2.24) is 0 Å². The summed E-state index contributed by atoms with van der Waals surface area (Å²) in [7, 11) is 1.51. The van der Waals surface area contributed by atoms with Crippen LogP contribution < -0.4 is 0 Å². The van der Waals surface area contributed by atoms with Crippen LogP contribution in [0.2, 0.25) is 0 Å². The standard InChI is InChI=1S/C14H12N2OS/c1-10-3-5-11(6-4-10)12(9-15)13-7-8-14(18-13)16-17-2/h3-8H,1-2H3. The first-order valence-corrected chi connectivity index (χ1v) is 6.24. The van der Waals surface area contributed by atoms with Gasteiger partial charge in [0.25, 0.3) is 0 Å². The van der Waals surface area contributed by atoms with Gasteiger partial charge in [0.1, 0.15) is 18.2 Å². The maximum Gasteiger partial charge on any atom is 0.140 e. The van der Waals surface area contributed by atoms with E-state index in [9.17, 15) is 5.26 Å². The van der Waals surface area contributed by atoms with E-state index in [0.29, 0.717) is 5.57 Å². The van der Waals surface area contributed by atoms with Gasteiger partial charge < -0.3 is 4.84 Å². The summed E-state index contributed by atoms with van der Waals surface area (Å²) in [6, 6.07) is 10.2. The molecule has 0 fully saturated rings. The number of hydrogen-bond donors (Lipinski definition) is 0. The molecule has 1 aromatic carbocycles. The van der Waals surface area contributed by atoms with Crippen LogP contribution in [-0.4, -0.2) is 12.2 Å². The van der Waals surface area contributed by atoms with Crippen LogP contribution in [0.1, 0.15) is 11.1 Å². The lowest BCUT2D eigenvalue weighted by atomic mass is 10.1. The van der Waals surface area contributed by atoms with Crippen molar-refractivity contribution in [2.75, 3.05) is 7.11 Å². The zero-order chi connectivity index (χ0) is 13.0. The second-order valence-corrected chi connectivity index (χ2v) is 4.83. The summed E-state index contributed by atoms with van der Waals surface area (Å²) in [6.07, 6.45) is 3.73. The Kier molecular flexibility index (Phi) is 3.85. The third-order valence-corrected chi connectivity index (χ3v) is 3.45. The van der Waals surface area contributed by atoms with Gasteiger partial charge in [0, 0.05) is 4.91 Å². The Morgan fingerprint density at radius 3 is 2.61 bits per heavy atom. The molecule has 3 nitrogen and oxygen atoms in total. The average molecular weight is 256 g/mol. The molecule has 0 saturated carbocycles. The monoisotopic (exact) mass is 256 g/mol. The lowest BCUT2D eigenvalue weighted by molar-refractivity contribution is 0.215. The van der Waals surface area contributed by atoms with Crippen LogP contribution in [0.5, 0.6) is 0 Å². The summed E-state index contributed by atoms with van der Waals surface area (Å²) in [4.78, 5) is 5.62. The number of hydrogen-bond acceptors (Lipinski definition) is 4. The average Bonchev–Trinajstić information content (AvgIpc) is 2.82. The first kappa shape index (κ1) is 12.5. The molecule has 1 aliphatic rings. The van der Waals surface area contributed by atoms with E-state index in [1.807, 2.05) is 43.3 Å². The molecule has 0 radical (unpaired) electrons. The minimum atomic E-state index is 0.664. The number of aryl methyl sites for hydroxylation is 1. The normalized spacial score (nSPS) is 18.8. The van der Waals surface area contributed by atoms with Crippen molar-refractivity contribution < 1.29 is 4.84 Å². The molecule has 0 unspecified atom stereocenters. The fourth-order valence-corrected chi connectivity index (χ4v) is 2.46. The molecule has 0 aliphatic carbocycles. The maximum atomic E-state index is 9.30. The molecule has 18 heavy (non-hydrogen) atoms. The third-order valence-electron chi connectivity index (χ3n) is 2.47. The first-order valence-electron chi connectivity index (χ1n) is 5.43. The number of rotatable bonds is 2. The van der Waals surface area contributed by atoms with Gasteiger partial charge in [0.2, 0.25) is 0 Å². The number of allylic oxidation sites excluding steroid dienone is 2. The molecule has 1 heterocycles. The summed E-state index contributed by atoms with van der Waals surface area (Å²) in [5.41, 5.74) is 2.77. The Morgan fingerprint density at radius 1 is 1.28 bits per heavy atom. The van der Waals surface area contributed by atoms with Crippen molar-refractivity contribution >= 4 is 22.4 Å². The highest BCUT2D eigenvalue weighted by Crippen LogP contribution is 2.33. The summed E-state index contributed by atoms with van der Waals surface area (Å²) in [5, 5.41) is 13.9. The van der Waals surface area contributed by atoms with E-state index < -0.39 is 0 Å². The van der Waals surface area contributed by atoms with Crippen LogP contribution in [0.4, 0.5) is 0 Å². The Balaban J connectivity index is 2.36. The Hall–Kier alpha value is -1.99. The molecule has 0 aromatic heterocycles. The lowest BCUT2D eigenvalue weighted by Crippen LogP contribution is -1.86. The van der Waals surface area contributed by atoms with Gasteiger partial charge in [0.15, 0.2) is 0 Å². The summed E-state index contributed by atoms with van der Waals surface area (Å²) >= 11 is 1.44. The van der Waals surface area contributed by atoms with Crippen molar-refractivity contribution in [3.63, 3.8) is 0 Å². The lowest BCUT2D eigenvalue weighted by Gasteiger charge is -2.02. The predicted molar refractivity (Wildman–Crippen MR) is 74.9 cm³/mol. The van der Waals surface area contributed by atoms with Gasteiger partial charge in [-0.25, -0.2) is 0 Å². The minimum Gasteiger partial charge on any atom is -0.398 e. The number of nitrogens with zero attached hydrogens (tertiary/aromatic N) is 2. The topological polar surface area (TPSA) is 45.4 Å². The maximum absolute atomic E-state index is 9.30. The molecule has 0 saturated heterocycles. The van der Waals surface area contributed by atoms with Gasteiger partial charge >= 0.3 is 0 Å². The zero-order valence-corrected chi connectivity index (χ0v) is 11.0. The molecular formula is C14H12N2OS. The molecular weight excluding hydrogens is 244 g/mol. The zero-order valence-electron chi connectivity index (χ0n) is 10.2. The van der Waals surface area contributed by atoms with Crippen LogP contribution in [0.3, 0.4) is 0 Å². The van der Waals surface area contributed by atoms with Crippen molar-refractivity contribution in [3.8, 4) is 6.07 Å². The van der Waals surface area contributed by atoms with Crippen molar-refractivity contribution in [2.45, 2.75) is 6.92 Å². The van der Waals surface area contributed by atoms with Crippen LogP contribution in [-0.2, 0) is 4.84 Å².